The van der Waals surface area contributed by atoms with Gasteiger partial charge in [-0.3, -0.25) is 0 Å². The number of hydrogen-bond acceptors (Lipinski definition) is 1. The van der Waals surface area contributed by atoms with Crippen molar-refractivity contribution >= 4 is 5.97 Å². The van der Waals surface area contributed by atoms with Gasteiger partial charge in [0.05, 0.1) is 0 Å². The second-order valence-corrected chi connectivity index (χ2v) is 8.36. The van der Waals surface area contributed by atoms with Gasteiger partial charge in [0, 0.05) is 11.0 Å². The van der Waals surface area contributed by atoms with Crippen molar-refractivity contribution in [2.75, 3.05) is 0 Å². The lowest BCUT2D eigenvalue weighted by Crippen LogP contribution is -2.62. The molecular weight excluding hydrogens is 260 g/mol. The Kier molecular flexibility index (Phi) is 3.31. The van der Waals surface area contributed by atoms with Crippen LogP contribution in [0.4, 0.5) is 0 Å². The zero-order chi connectivity index (χ0) is 15.5. The number of hydrogen-bond donors (Lipinski definition) is 1. The van der Waals surface area contributed by atoms with Gasteiger partial charge >= 0.3 is 5.97 Å². The highest BCUT2D eigenvalue weighted by Crippen LogP contribution is 2.75. The molecule has 0 aromatic carbocycles. The molecule has 0 aliphatic heterocycles. The van der Waals surface area contributed by atoms with Gasteiger partial charge in [0.2, 0.25) is 0 Å². The Hall–Kier alpha value is -0.790. The number of rotatable bonds is 5. The minimum atomic E-state index is -0.757. The topological polar surface area (TPSA) is 37.3 Å². The summed E-state index contributed by atoms with van der Waals surface area (Å²) in [7, 11) is 0. The van der Waals surface area contributed by atoms with E-state index in [0.717, 1.165) is 25.2 Å². The van der Waals surface area contributed by atoms with Gasteiger partial charge in [-0.1, -0.05) is 46.6 Å². The monoisotopic (exact) mass is 290 g/mol. The molecule has 21 heavy (non-hydrogen) atoms. The van der Waals surface area contributed by atoms with Crippen molar-refractivity contribution in [2.24, 2.45) is 28.1 Å². The molecule has 0 saturated heterocycles. The first-order valence-corrected chi connectivity index (χ1v) is 8.78. The normalized spacial score (nSPS) is 47.6. The van der Waals surface area contributed by atoms with Gasteiger partial charge in [-0.25, -0.2) is 4.79 Å². The molecule has 4 bridgehead atoms. The molecule has 0 radical (unpaired) electrons. The van der Waals surface area contributed by atoms with Crippen LogP contribution in [-0.4, -0.2) is 11.1 Å². The zero-order valence-corrected chi connectivity index (χ0v) is 13.9. The van der Waals surface area contributed by atoms with Crippen LogP contribution in [0.3, 0.4) is 0 Å². The maximum atomic E-state index is 11.8. The van der Waals surface area contributed by atoms with Gasteiger partial charge in [-0.15, -0.1) is 0 Å². The average Bonchev–Trinajstić information content (AvgIpc) is 2.45. The fraction of sp³-hybridized carbons (Fsp3) is 0.842. The number of carboxylic acids is 1. The van der Waals surface area contributed by atoms with Gasteiger partial charge in [0.25, 0.3) is 0 Å². The summed E-state index contributed by atoms with van der Waals surface area (Å²) in [5, 5.41) is 9.67. The van der Waals surface area contributed by atoms with Crippen molar-refractivity contribution in [3.8, 4) is 0 Å². The molecule has 1 N–H and O–H groups in total. The van der Waals surface area contributed by atoms with Crippen LogP contribution in [0.5, 0.6) is 0 Å². The van der Waals surface area contributed by atoms with Gasteiger partial charge in [-0.05, 0) is 54.8 Å². The first kappa shape index (κ1) is 15.1. The Morgan fingerprint density at radius 2 is 1.62 bits per heavy atom. The molecule has 0 amide bonds. The van der Waals surface area contributed by atoms with Crippen LogP contribution in [0.15, 0.2) is 12.2 Å². The van der Waals surface area contributed by atoms with Gasteiger partial charge in [0.1, 0.15) is 0 Å². The fourth-order valence-electron chi connectivity index (χ4n) is 6.96. The minimum Gasteiger partial charge on any atom is -0.478 e. The zero-order valence-electron chi connectivity index (χ0n) is 13.9. The third-order valence-electron chi connectivity index (χ3n) is 7.60. The van der Waals surface area contributed by atoms with Gasteiger partial charge in [0.15, 0.2) is 0 Å². The van der Waals surface area contributed by atoms with E-state index in [1.165, 1.54) is 32.1 Å². The van der Waals surface area contributed by atoms with Crippen molar-refractivity contribution < 1.29 is 9.90 Å². The molecule has 0 heterocycles. The lowest BCUT2D eigenvalue weighted by Gasteiger charge is -2.70. The molecule has 2 heteroatoms. The molecule has 3 atom stereocenters. The molecule has 4 rings (SSSR count). The van der Waals surface area contributed by atoms with Crippen LogP contribution in [0.25, 0.3) is 0 Å². The predicted molar refractivity (Wildman–Crippen MR) is 85.0 cm³/mol. The molecule has 0 spiro atoms. The lowest BCUT2D eigenvalue weighted by molar-refractivity contribution is -0.188. The van der Waals surface area contributed by atoms with E-state index in [4.69, 9.17) is 0 Å². The van der Waals surface area contributed by atoms with E-state index in [9.17, 15) is 9.90 Å². The summed E-state index contributed by atoms with van der Waals surface area (Å²) in [4.78, 5) is 11.8. The third kappa shape index (κ3) is 1.87. The summed E-state index contributed by atoms with van der Waals surface area (Å²) in [5.74, 6) is 0.510. The SMILES string of the molecule is C=C(C(=O)O)C12CC3(CC)CC(CC(CC)(C3)C1)C2CC. The van der Waals surface area contributed by atoms with Crippen molar-refractivity contribution in [2.45, 2.75) is 72.1 Å². The van der Waals surface area contributed by atoms with Crippen LogP contribution in [0, 0.1) is 28.1 Å². The van der Waals surface area contributed by atoms with Crippen molar-refractivity contribution in [1.29, 1.82) is 0 Å². The molecule has 3 unspecified atom stereocenters. The van der Waals surface area contributed by atoms with Crippen molar-refractivity contribution in [3.05, 3.63) is 12.2 Å². The van der Waals surface area contributed by atoms with E-state index in [1.807, 2.05) is 0 Å². The summed E-state index contributed by atoms with van der Waals surface area (Å²) in [6, 6.07) is 0. The van der Waals surface area contributed by atoms with Gasteiger partial charge in [-0.2, -0.15) is 0 Å². The fourth-order valence-corrected chi connectivity index (χ4v) is 6.96. The van der Waals surface area contributed by atoms with Crippen LogP contribution in [0.2, 0.25) is 0 Å². The molecule has 118 valence electrons. The predicted octanol–water partition coefficient (Wildman–Crippen LogP) is 5.04. The first-order valence-electron chi connectivity index (χ1n) is 8.78. The number of carbonyl (C=O) groups is 1. The summed E-state index contributed by atoms with van der Waals surface area (Å²) in [6.45, 7) is 11.0. The second-order valence-electron chi connectivity index (χ2n) is 8.36. The van der Waals surface area contributed by atoms with E-state index < -0.39 is 5.97 Å². The van der Waals surface area contributed by atoms with Crippen molar-refractivity contribution in [3.63, 3.8) is 0 Å². The van der Waals surface area contributed by atoms with Crippen LogP contribution in [0.1, 0.15) is 72.1 Å². The first-order chi connectivity index (χ1) is 9.86. The van der Waals surface area contributed by atoms with E-state index in [-0.39, 0.29) is 5.41 Å². The van der Waals surface area contributed by atoms with E-state index in [0.29, 0.717) is 22.3 Å². The Balaban J connectivity index is 2.11. The lowest BCUT2D eigenvalue weighted by atomic mass is 9.34. The van der Waals surface area contributed by atoms with E-state index in [1.54, 1.807) is 0 Å². The number of carboxylic acid groups (broad SMARTS) is 1. The summed E-state index contributed by atoms with van der Waals surface area (Å²) in [5.41, 5.74) is 1.18. The Morgan fingerprint density at radius 3 is 2.00 bits per heavy atom. The summed E-state index contributed by atoms with van der Waals surface area (Å²) in [6.07, 6.45) is 9.67. The quantitative estimate of drug-likeness (QED) is 0.720. The van der Waals surface area contributed by atoms with Crippen LogP contribution >= 0.6 is 0 Å². The summed E-state index contributed by atoms with van der Waals surface area (Å²) < 4.78 is 0. The second kappa shape index (κ2) is 4.60. The molecule has 4 aliphatic carbocycles. The molecule has 0 aromatic heterocycles. The maximum Gasteiger partial charge on any atom is 0.331 e. The maximum absolute atomic E-state index is 11.8. The molecular formula is C19H30O2. The van der Waals surface area contributed by atoms with Crippen molar-refractivity contribution in [1.82, 2.24) is 0 Å². The molecule has 4 saturated carbocycles. The highest BCUT2D eigenvalue weighted by atomic mass is 16.4. The van der Waals surface area contributed by atoms with E-state index in [2.05, 4.69) is 27.4 Å². The van der Waals surface area contributed by atoms with Crippen LogP contribution in [-0.2, 0) is 4.79 Å². The largest absolute Gasteiger partial charge is 0.478 e. The molecule has 0 aromatic rings. The number of aliphatic carboxylic acids is 1. The molecule has 4 fully saturated rings. The Morgan fingerprint density at radius 1 is 1.10 bits per heavy atom. The van der Waals surface area contributed by atoms with Crippen LogP contribution < -0.4 is 0 Å². The van der Waals surface area contributed by atoms with Gasteiger partial charge < -0.3 is 5.11 Å². The standard InChI is InChI=1S/C19H30O2/c1-5-15-14-8-17(6-2)10-18(7-3,9-14)12-19(15,11-17)13(4)16(20)21/h14-15H,4-12H2,1-3H3,(H,20,21). The Bertz CT molecular complexity index is 458. The third-order valence-corrected chi connectivity index (χ3v) is 7.60. The average molecular weight is 290 g/mol. The highest BCUT2D eigenvalue weighted by Gasteiger charge is 2.66. The highest BCUT2D eigenvalue weighted by molar-refractivity contribution is 5.87. The Labute approximate surface area is 129 Å². The van der Waals surface area contributed by atoms with E-state index >= 15 is 0 Å². The smallest absolute Gasteiger partial charge is 0.331 e. The summed E-state index contributed by atoms with van der Waals surface area (Å²) >= 11 is 0. The molecule has 2 nitrogen and oxygen atoms in total. The molecule has 4 aliphatic rings. The minimum absolute atomic E-state index is 0.119.